The lowest BCUT2D eigenvalue weighted by Crippen LogP contribution is -2.32. The second-order valence-electron chi connectivity index (χ2n) is 6.73. The third-order valence-electron chi connectivity index (χ3n) is 4.66. The van der Waals surface area contributed by atoms with E-state index in [1.54, 1.807) is 24.3 Å². The summed E-state index contributed by atoms with van der Waals surface area (Å²) in [6.07, 6.45) is 1.63. The summed E-state index contributed by atoms with van der Waals surface area (Å²) in [5, 5.41) is 24.1. The molecule has 3 rings (SSSR count). The molecule has 0 radical (unpaired) electrons. The first-order chi connectivity index (χ1) is 14.0. The molecule has 3 aromatic carbocycles. The van der Waals surface area contributed by atoms with Gasteiger partial charge >= 0.3 is 5.97 Å². The van der Waals surface area contributed by atoms with Crippen LogP contribution in [0.4, 0.5) is 0 Å². The number of carbonyl (C=O) groups excluding carboxylic acids is 2. The van der Waals surface area contributed by atoms with Crippen LogP contribution < -0.4 is 5.32 Å². The van der Waals surface area contributed by atoms with Gasteiger partial charge in [0.2, 0.25) is 0 Å². The monoisotopic (exact) mass is 393 g/mol. The lowest BCUT2D eigenvalue weighted by atomic mass is 10.0. The van der Waals surface area contributed by atoms with Crippen LogP contribution in [0.15, 0.2) is 60.7 Å². The van der Waals surface area contributed by atoms with Crippen molar-refractivity contribution in [2.24, 2.45) is 0 Å². The Morgan fingerprint density at radius 1 is 1.00 bits per heavy atom. The first-order valence-corrected chi connectivity index (χ1v) is 9.46. The fourth-order valence-corrected chi connectivity index (χ4v) is 3.24. The number of amides is 1. The molecule has 6 nitrogen and oxygen atoms in total. The number of benzene rings is 3. The molecule has 0 aliphatic heterocycles. The number of phenolic OH excluding ortho intramolecular Hbond substituents is 2. The summed E-state index contributed by atoms with van der Waals surface area (Å²) < 4.78 is 5.07. The van der Waals surface area contributed by atoms with E-state index in [0.717, 1.165) is 24.5 Å². The highest BCUT2D eigenvalue weighted by atomic mass is 16.5. The molecule has 1 atom stereocenters. The number of ether oxygens (including phenoxy) is 1. The topological polar surface area (TPSA) is 95.9 Å². The molecular formula is C23H23NO5. The van der Waals surface area contributed by atoms with Gasteiger partial charge in [0.05, 0.1) is 6.04 Å². The number of phenols is 2. The largest absolute Gasteiger partial charge is 0.507 e. The number of hydrogen-bond acceptors (Lipinski definition) is 5. The Balaban J connectivity index is 1.68. The van der Waals surface area contributed by atoms with E-state index in [0.29, 0.717) is 10.8 Å². The molecular weight excluding hydrogens is 370 g/mol. The third-order valence-corrected chi connectivity index (χ3v) is 4.66. The van der Waals surface area contributed by atoms with Crippen molar-refractivity contribution in [1.82, 2.24) is 5.32 Å². The molecule has 6 heteroatoms. The molecule has 29 heavy (non-hydrogen) atoms. The summed E-state index contributed by atoms with van der Waals surface area (Å²) in [4.78, 5) is 24.7. The molecule has 0 saturated heterocycles. The molecule has 3 N–H and O–H groups in total. The van der Waals surface area contributed by atoms with Gasteiger partial charge in [-0.25, -0.2) is 4.79 Å². The van der Waals surface area contributed by atoms with Crippen LogP contribution in [0.3, 0.4) is 0 Å². The van der Waals surface area contributed by atoms with Gasteiger partial charge in [-0.3, -0.25) is 4.79 Å². The van der Waals surface area contributed by atoms with E-state index < -0.39 is 18.5 Å². The molecule has 0 heterocycles. The first-order valence-electron chi connectivity index (χ1n) is 9.46. The predicted octanol–water partition coefficient (Wildman–Crippen LogP) is 4.07. The van der Waals surface area contributed by atoms with Crippen LogP contribution in [0.1, 0.15) is 41.7 Å². The zero-order valence-corrected chi connectivity index (χ0v) is 16.1. The maximum absolute atomic E-state index is 12.4. The minimum absolute atomic E-state index is 0.151. The quantitative estimate of drug-likeness (QED) is 0.415. The van der Waals surface area contributed by atoms with Crippen LogP contribution in [0.25, 0.3) is 10.8 Å². The Bertz CT molecular complexity index is 1020. The summed E-state index contributed by atoms with van der Waals surface area (Å²) in [6, 6.07) is 17.1. The van der Waals surface area contributed by atoms with Gasteiger partial charge in [0.25, 0.3) is 5.91 Å². The molecule has 0 fully saturated rings. The minimum Gasteiger partial charge on any atom is -0.507 e. The lowest BCUT2D eigenvalue weighted by molar-refractivity contribution is -0.125. The summed E-state index contributed by atoms with van der Waals surface area (Å²) in [5.41, 5.74) is 0.785. The molecule has 0 bridgehead atoms. The minimum atomic E-state index is -0.884. The van der Waals surface area contributed by atoms with E-state index in [9.17, 15) is 19.8 Å². The molecule has 1 amide bonds. The smallest absolute Gasteiger partial charge is 0.342 e. The summed E-state index contributed by atoms with van der Waals surface area (Å²) in [7, 11) is 0. The number of nitrogens with one attached hydrogen (secondary N) is 1. The van der Waals surface area contributed by atoms with E-state index in [2.05, 4.69) is 5.32 Å². The van der Waals surface area contributed by atoms with Crippen LogP contribution >= 0.6 is 0 Å². The number of esters is 1. The Labute approximate surface area is 168 Å². The SMILES string of the molecule is CCC[C@H](NC(=O)COC(=O)c1cc(O)c2ccccc2c1O)c1ccccc1. The van der Waals surface area contributed by atoms with E-state index >= 15 is 0 Å². The van der Waals surface area contributed by atoms with E-state index in [1.165, 1.54) is 0 Å². The standard InChI is InChI=1S/C23H23NO5/c1-2-8-19(15-9-4-3-5-10-15)24-21(26)14-29-23(28)18-13-20(25)16-11-6-7-12-17(16)22(18)27/h3-7,9-13,19,25,27H,2,8,14H2,1H3,(H,24,26)/t19-/m0/s1. The van der Waals surface area contributed by atoms with Gasteiger partial charge < -0.3 is 20.3 Å². The lowest BCUT2D eigenvalue weighted by Gasteiger charge is -2.18. The Hall–Kier alpha value is -3.54. The number of rotatable bonds is 7. The molecule has 0 spiro atoms. The second-order valence-corrected chi connectivity index (χ2v) is 6.73. The second kappa shape index (κ2) is 9.10. The van der Waals surface area contributed by atoms with E-state index in [4.69, 9.17) is 4.74 Å². The number of hydrogen-bond donors (Lipinski definition) is 3. The van der Waals surface area contributed by atoms with Crippen molar-refractivity contribution in [2.75, 3.05) is 6.61 Å². The van der Waals surface area contributed by atoms with Crippen molar-refractivity contribution in [3.8, 4) is 11.5 Å². The summed E-state index contributed by atoms with van der Waals surface area (Å²) in [6.45, 7) is 1.54. The van der Waals surface area contributed by atoms with Crippen LogP contribution in [0.2, 0.25) is 0 Å². The van der Waals surface area contributed by atoms with Crippen LogP contribution in [-0.2, 0) is 9.53 Å². The van der Waals surface area contributed by atoms with Crippen LogP contribution in [-0.4, -0.2) is 28.7 Å². The van der Waals surface area contributed by atoms with Gasteiger partial charge in [-0.2, -0.15) is 0 Å². The Morgan fingerprint density at radius 3 is 2.34 bits per heavy atom. The number of aromatic hydroxyl groups is 2. The normalized spacial score (nSPS) is 11.8. The van der Waals surface area contributed by atoms with Gasteiger partial charge in [-0.15, -0.1) is 0 Å². The highest BCUT2D eigenvalue weighted by Gasteiger charge is 2.20. The highest BCUT2D eigenvalue weighted by Crippen LogP contribution is 2.35. The molecule has 0 aromatic heterocycles. The molecule has 0 aliphatic rings. The maximum Gasteiger partial charge on any atom is 0.342 e. The van der Waals surface area contributed by atoms with E-state index in [-0.39, 0.29) is 23.1 Å². The number of fused-ring (bicyclic) bond motifs is 1. The van der Waals surface area contributed by atoms with Crippen molar-refractivity contribution in [3.63, 3.8) is 0 Å². The van der Waals surface area contributed by atoms with Crippen molar-refractivity contribution < 1.29 is 24.5 Å². The van der Waals surface area contributed by atoms with Gasteiger partial charge in [-0.05, 0) is 18.1 Å². The zero-order chi connectivity index (χ0) is 20.8. The average molecular weight is 393 g/mol. The Morgan fingerprint density at radius 2 is 1.66 bits per heavy atom. The average Bonchev–Trinajstić information content (AvgIpc) is 2.75. The molecule has 0 aliphatic carbocycles. The third kappa shape index (κ3) is 4.66. The Kier molecular flexibility index (Phi) is 6.34. The van der Waals surface area contributed by atoms with Crippen molar-refractivity contribution in [2.45, 2.75) is 25.8 Å². The van der Waals surface area contributed by atoms with Gasteiger partial charge in [0.1, 0.15) is 17.1 Å². The van der Waals surface area contributed by atoms with Crippen molar-refractivity contribution in [1.29, 1.82) is 0 Å². The summed E-state index contributed by atoms with van der Waals surface area (Å²) in [5.74, 6) is -1.77. The van der Waals surface area contributed by atoms with Gasteiger partial charge in [-0.1, -0.05) is 67.9 Å². The first kappa shape index (κ1) is 20.2. The van der Waals surface area contributed by atoms with E-state index in [1.807, 2.05) is 37.3 Å². The summed E-state index contributed by atoms with van der Waals surface area (Å²) >= 11 is 0. The zero-order valence-electron chi connectivity index (χ0n) is 16.1. The van der Waals surface area contributed by atoms with Gasteiger partial charge in [0, 0.05) is 10.8 Å². The number of carbonyl (C=O) groups is 2. The maximum atomic E-state index is 12.4. The predicted molar refractivity (Wildman–Crippen MR) is 110 cm³/mol. The van der Waals surface area contributed by atoms with Gasteiger partial charge in [0.15, 0.2) is 6.61 Å². The van der Waals surface area contributed by atoms with Crippen LogP contribution in [0.5, 0.6) is 11.5 Å². The molecule has 0 saturated carbocycles. The molecule has 3 aromatic rings. The molecule has 0 unspecified atom stereocenters. The van der Waals surface area contributed by atoms with Crippen molar-refractivity contribution >= 4 is 22.6 Å². The molecule has 150 valence electrons. The van der Waals surface area contributed by atoms with Crippen molar-refractivity contribution in [3.05, 3.63) is 71.8 Å². The van der Waals surface area contributed by atoms with Crippen LogP contribution in [0, 0.1) is 0 Å². The fraction of sp³-hybridized carbons (Fsp3) is 0.217. The fourth-order valence-electron chi connectivity index (χ4n) is 3.24. The highest BCUT2D eigenvalue weighted by molar-refractivity contribution is 6.04.